The van der Waals surface area contributed by atoms with Gasteiger partial charge in [-0.3, -0.25) is 4.79 Å². The monoisotopic (exact) mass is 468 g/mol. The Morgan fingerprint density at radius 3 is 2.03 bits per heavy atom. The van der Waals surface area contributed by atoms with Crippen molar-refractivity contribution < 1.29 is 9.90 Å². The molecule has 0 aromatic heterocycles. The summed E-state index contributed by atoms with van der Waals surface area (Å²) < 4.78 is 0. The van der Waals surface area contributed by atoms with E-state index in [0.29, 0.717) is 44.8 Å². The highest BCUT2D eigenvalue weighted by Gasteiger charge is 2.73. The van der Waals surface area contributed by atoms with Crippen LogP contribution < -0.4 is 0 Å². The summed E-state index contributed by atoms with van der Waals surface area (Å²) in [6.45, 7) is 18.2. The van der Waals surface area contributed by atoms with Gasteiger partial charge in [0.05, 0.1) is 5.41 Å². The van der Waals surface area contributed by atoms with Crippen molar-refractivity contribution in [1.29, 1.82) is 0 Å². The van der Waals surface area contributed by atoms with Gasteiger partial charge in [-0.2, -0.15) is 0 Å². The highest BCUT2D eigenvalue weighted by molar-refractivity contribution is 5.76. The van der Waals surface area contributed by atoms with Crippen LogP contribution in [0.2, 0.25) is 0 Å². The van der Waals surface area contributed by atoms with Crippen molar-refractivity contribution in [2.24, 2.45) is 68.0 Å². The number of fused-ring (bicyclic) bond motifs is 7. The number of aliphatic carboxylic acids is 1. The fourth-order valence-corrected chi connectivity index (χ4v) is 12.5. The lowest BCUT2D eigenvalue weighted by molar-refractivity contribution is -0.244. The molecule has 6 aliphatic rings. The van der Waals surface area contributed by atoms with E-state index in [1.807, 2.05) is 0 Å². The highest BCUT2D eigenvalue weighted by atomic mass is 16.4. The van der Waals surface area contributed by atoms with E-state index in [1.54, 1.807) is 0 Å². The zero-order valence-electron chi connectivity index (χ0n) is 23.3. The van der Waals surface area contributed by atoms with Gasteiger partial charge < -0.3 is 5.11 Å². The average Bonchev–Trinajstić information content (AvgIpc) is 3.37. The van der Waals surface area contributed by atoms with Crippen LogP contribution >= 0.6 is 0 Å². The summed E-state index contributed by atoms with van der Waals surface area (Å²) in [5.41, 5.74) is 1.57. The number of carbonyl (C=O) groups is 1. The molecule has 2 nitrogen and oxygen atoms in total. The van der Waals surface area contributed by atoms with Gasteiger partial charge in [0.2, 0.25) is 0 Å². The summed E-state index contributed by atoms with van der Waals surface area (Å²) in [6, 6.07) is 0. The average molecular weight is 469 g/mol. The molecule has 6 fully saturated rings. The molecule has 6 rings (SSSR count). The molecule has 3 unspecified atom stereocenters. The molecule has 6 saturated carbocycles. The van der Waals surface area contributed by atoms with E-state index in [1.165, 1.54) is 57.8 Å². The Morgan fingerprint density at radius 1 is 0.676 bits per heavy atom. The maximum absolute atomic E-state index is 12.9. The van der Waals surface area contributed by atoms with Gasteiger partial charge in [-0.05, 0) is 140 Å². The summed E-state index contributed by atoms with van der Waals surface area (Å²) in [6.07, 6.45) is 15.1. The maximum atomic E-state index is 12.9. The zero-order valence-corrected chi connectivity index (χ0v) is 23.3. The van der Waals surface area contributed by atoms with Crippen molar-refractivity contribution in [2.45, 2.75) is 126 Å². The Kier molecular flexibility index (Phi) is 4.81. The maximum Gasteiger partial charge on any atom is 0.309 e. The number of carboxylic acids is 1. The summed E-state index contributed by atoms with van der Waals surface area (Å²) in [7, 11) is 0. The minimum Gasteiger partial charge on any atom is -0.481 e. The molecule has 0 amide bonds. The van der Waals surface area contributed by atoms with E-state index in [9.17, 15) is 9.90 Å². The first kappa shape index (κ1) is 23.8. The van der Waals surface area contributed by atoms with E-state index in [2.05, 4.69) is 48.5 Å². The van der Waals surface area contributed by atoms with Gasteiger partial charge in [0.25, 0.3) is 0 Å². The molecule has 0 radical (unpaired) electrons. The quantitative estimate of drug-likeness (QED) is 0.440. The van der Waals surface area contributed by atoms with Gasteiger partial charge in [-0.25, -0.2) is 0 Å². The molecule has 192 valence electrons. The van der Waals surface area contributed by atoms with Crippen LogP contribution in [-0.2, 0) is 4.79 Å². The van der Waals surface area contributed by atoms with Gasteiger partial charge in [-0.15, -0.1) is 0 Å². The predicted molar refractivity (Wildman–Crippen MR) is 138 cm³/mol. The van der Waals surface area contributed by atoms with Crippen molar-refractivity contribution in [3.63, 3.8) is 0 Å². The lowest BCUT2D eigenvalue weighted by Crippen LogP contribution is -2.66. The molecule has 0 aromatic carbocycles. The number of rotatable bonds is 2. The molecule has 34 heavy (non-hydrogen) atoms. The van der Waals surface area contributed by atoms with E-state index in [4.69, 9.17) is 0 Å². The number of hydrogen-bond donors (Lipinski definition) is 1. The van der Waals surface area contributed by atoms with Crippen molar-refractivity contribution in [1.82, 2.24) is 0 Å². The summed E-state index contributed by atoms with van der Waals surface area (Å²) in [4.78, 5) is 12.9. The van der Waals surface area contributed by atoms with Gasteiger partial charge >= 0.3 is 5.97 Å². The lowest BCUT2D eigenvalue weighted by Gasteiger charge is -2.73. The van der Waals surface area contributed by atoms with Crippen LogP contribution in [0.15, 0.2) is 0 Å². The largest absolute Gasteiger partial charge is 0.481 e. The smallest absolute Gasteiger partial charge is 0.309 e. The second-order valence-electron chi connectivity index (χ2n) is 16.2. The molecule has 0 saturated heterocycles. The first-order valence-electron chi connectivity index (χ1n) is 15.0. The summed E-state index contributed by atoms with van der Waals surface area (Å²) in [5, 5.41) is 10.7. The Balaban J connectivity index is 1.41. The topological polar surface area (TPSA) is 37.3 Å². The molecule has 0 spiro atoms. The van der Waals surface area contributed by atoms with Gasteiger partial charge in [0.1, 0.15) is 0 Å². The Bertz CT molecular complexity index is 885. The van der Waals surface area contributed by atoms with Gasteiger partial charge in [-0.1, -0.05) is 48.5 Å². The molecule has 0 aromatic rings. The highest BCUT2D eigenvalue weighted by Crippen LogP contribution is 2.79. The number of hydrogen-bond acceptors (Lipinski definition) is 1. The van der Waals surface area contributed by atoms with E-state index < -0.39 is 11.4 Å². The van der Waals surface area contributed by atoms with Crippen molar-refractivity contribution in [3.8, 4) is 0 Å². The molecule has 0 bridgehead atoms. The van der Waals surface area contributed by atoms with Crippen LogP contribution in [0.4, 0.5) is 0 Å². The Labute approximate surface area is 209 Å². The fourth-order valence-electron chi connectivity index (χ4n) is 12.5. The van der Waals surface area contributed by atoms with Gasteiger partial charge in [0.15, 0.2) is 0 Å². The van der Waals surface area contributed by atoms with Crippen LogP contribution in [0, 0.1) is 68.0 Å². The normalized spacial score (nSPS) is 57.0. The SMILES string of the molecule is CC1CC[C@]2(C)[C@H]3CC[C@@H]4[C@H]5C(C6(C)CC6)CCC5(C(=O)O)CC[C@@]4(C)[C@]3(C)CC[C@H]2C1(C)C. The molecular weight excluding hydrogens is 416 g/mol. The van der Waals surface area contributed by atoms with E-state index in [-0.39, 0.29) is 0 Å². The van der Waals surface area contributed by atoms with Crippen molar-refractivity contribution in [2.75, 3.05) is 0 Å². The third kappa shape index (κ3) is 2.63. The van der Waals surface area contributed by atoms with Crippen molar-refractivity contribution in [3.05, 3.63) is 0 Å². The van der Waals surface area contributed by atoms with E-state index in [0.717, 1.165) is 37.0 Å². The fraction of sp³-hybridized carbons (Fsp3) is 0.969. The molecule has 0 heterocycles. The second kappa shape index (κ2) is 6.86. The van der Waals surface area contributed by atoms with Crippen LogP contribution in [-0.4, -0.2) is 11.1 Å². The van der Waals surface area contributed by atoms with Crippen LogP contribution in [0.1, 0.15) is 126 Å². The molecule has 1 N–H and O–H groups in total. The standard InChI is InChI=1S/C32H52O2/c1-20-10-13-29(5)23(27(20,2)3)12-14-31(7)24(29)9-8-22-25-21(28(4)16-17-28)11-15-32(25,26(33)34)19-18-30(22,31)6/h20-25H,8-19H2,1-7H3,(H,33,34)/t20?,21?,22-,23+,24-,25-,29+,30-,31-,32?/m1/s1. The molecule has 6 aliphatic carbocycles. The zero-order chi connectivity index (χ0) is 24.5. The second-order valence-corrected chi connectivity index (χ2v) is 16.2. The van der Waals surface area contributed by atoms with Gasteiger partial charge in [0, 0.05) is 0 Å². The third-order valence-corrected chi connectivity index (χ3v) is 15.3. The predicted octanol–water partition coefficient (Wildman–Crippen LogP) is 8.59. The minimum absolute atomic E-state index is 0.300. The first-order valence-corrected chi connectivity index (χ1v) is 15.0. The molecule has 0 aliphatic heterocycles. The molecule has 10 atom stereocenters. The third-order valence-electron chi connectivity index (χ3n) is 15.3. The van der Waals surface area contributed by atoms with Crippen LogP contribution in [0.3, 0.4) is 0 Å². The summed E-state index contributed by atoms with van der Waals surface area (Å²) >= 11 is 0. The minimum atomic E-state index is -0.447. The molecular formula is C32H52O2. The Morgan fingerprint density at radius 2 is 1.38 bits per heavy atom. The first-order chi connectivity index (χ1) is 15.8. The van der Waals surface area contributed by atoms with Crippen LogP contribution in [0.5, 0.6) is 0 Å². The lowest BCUT2D eigenvalue weighted by atomic mass is 9.32. The molecule has 2 heteroatoms. The summed E-state index contributed by atoms with van der Waals surface area (Å²) in [5.74, 6) is 3.70. The number of carboxylic acid groups (broad SMARTS) is 1. The Hall–Kier alpha value is -0.530. The van der Waals surface area contributed by atoms with Crippen molar-refractivity contribution >= 4 is 5.97 Å². The van der Waals surface area contributed by atoms with Crippen LogP contribution in [0.25, 0.3) is 0 Å². The van der Waals surface area contributed by atoms with E-state index >= 15 is 0 Å².